The molecule has 1 atom stereocenters. The summed E-state index contributed by atoms with van der Waals surface area (Å²) in [6.45, 7) is 5.96. The molecule has 122 valence electrons. The zero-order valence-corrected chi connectivity index (χ0v) is 14.2. The summed E-state index contributed by atoms with van der Waals surface area (Å²) >= 11 is 0. The Morgan fingerprint density at radius 3 is 2.62 bits per heavy atom. The fraction of sp³-hybridized carbons (Fsp3) is 0.250. The largest absolute Gasteiger partial charge is 0.349 e. The molecule has 0 fully saturated rings. The van der Waals surface area contributed by atoms with Crippen molar-refractivity contribution in [3.8, 4) is 0 Å². The van der Waals surface area contributed by atoms with Crippen molar-refractivity contribution in [3.05, 3.63) is 71.2 Å². The maximum atomic E-state index is 12.7. The first-order valence-electron chi connectivity index (χ1n) is 8.10. The molecule has 0 aliphatic heterocycles. The van der Waals surface area contributed by atoms with Crippen LogP contribution < -0.4 is 5.32 Å². The van der Waals surface area contributed by atoms with Crippen molar-refractivity contribution in [1.29, 1.82) is 0 Å². The Hall–Kier alpha value is -2.75. The van der Waals surface area contributed by atoms with Crippen LogP contribution in [0.3, 0.4) is 0 Å². The summed E-state index contributed by atoms with van der Waals surface area (Å²) in [5.41, 5.74) is 4.68. The predicted octanol–water partition coefficient (Wildman–Crippen LogP) is 3.61. The zero-order chi connectivity index (χ0) is 17.1. The first-order valence-corrected chi connectivity index (χ1v) is 8.10. The fourth-order valence-electron chi connectivity index (χ4n) is 2.88. The second-order valence-corrected chi connectivity index (χ2v) is 6.27. The van der Waals surface area contributed by atoms with E-state index in [0.717, 1.165) is 34.1 Å². The van der Waals surface area contributed by atoms with Gasteiger partial charge in [-0.25, -0.2) is 0 Å². The van der Waals surface area contributed by atoms with Crippen LogP contribution in [0.15, 0.2) is 48.8 Å². The van der Waals surface area contributed by atoms with Gasteiger partial charge in [0.15, 0.2) is 0 Å². The van der Waals surface area contributed by atoms with E-state index in [1.165, 1.54) is 0 Å². The van der Waals surface area contributed by atoms with E-state index in [0.29, 0.717) is 5.56 Å². The summed E-state index contributed by atoms with van der Waals surface area (Å²) in [7, 11) is 0. The van der Waals surface area contributed by atoms with Gasteiger partial charge in [-0.2, -0.15) is 0 Å². The van der Waals surface area contributed by atoms with Crippen molar-refractivity contribution in [3.63, 3.8) is 0 Å². The molecule has 24 heavy (non-hydrogen) atoms. The molecule has 1 N–H and O–H groups in total. The normalized spacial score (nSPS) is 12.1. The number of nitrogens with zero attached hydrogens (tertiary/aromatic N) is 2. The van der Waals surface area contributed by atoms with E-state index in [1.54, 1.807) is 12.4 Å². The average Bonchev–Trinajstić information content (AvgIpc) is 2.54. The standard InChI is InChI=1S/C20H21N3O/c1-13-4-5-17-18(12-15(3)22-19(17)10-13)20(24)23-14(2)11-16-6-8-21-9-7-16/h4-10,12,14H,11H2,1-3H3,(H,23,24)/t14-/m1/s1. The topological polar surface area (TPSA) is 54.9 Å². The molecule has 4 nitrogen and oxygen atoms in total. The lowest BCUT2D eigenvalue weighted by Crippen LogP contribution is -2.34. The highest BCUT2D eigenvalue weighted by Crippen LogP contribution is 2.20. The minimum absolute atomic E-state index is 0.0360. The summed E-state index contributed by atoms with van der Waals surface area (Å²) in [5.74, 6) is -0.0593. The number of aryl methyl sites for hydroxylation is 2. The fourth-order valence-corrected chi connectivity index (χ4v) is 2.88. The number of aromatic nitrogens is 2. The number of rotatable bonds is 4. The number of pyridine rings is 2. The molecule has 1 aromatic carbocycles. The Kier molecular flexibility index (Phi) is 4.56. The van der Waals surface area contributed by atoms with Gasteiger partial charge in [-0.05, 0) is 62.6 Å². The number of benzene rings is 1. The number of nitrogens with one attached hydrogen (secondary N) is 1. The molecule has 0 aliphatic carbocycles. The van der Waals surface area contributed by atoms with Gasteiger partial charge in [-0.3, -0.25) is 14.8 Å². The van der Waals surface area contributed by atoms with Crippen LogP contribution in [0, 0.1) is 13.8 Å². The zero-order valence-electron chi connectivity index (χ0n) is 14.2. The Morgan fingerprint density at radius 2 is 1.88 bits per heavy atom. The predicted molar refractivity (Wildman–Crippen MR) is 96.1 cm³/mol. The second-order valence-electron chi connectivity index (χ2n) is 6.27. The van der Waals surface area contributed by atoms with E-state index < -0.39 is 0 Å². The maximum absolute atomic E-state index is 12.7. The number of carbonyl (C=O) groups is 1. The third-order valence-corrected chi connectivity index (χ3v) is 4.01. The summed E-state index contributed by atoms with van der Waals surface area (Å²) in [4.78, 5) is 21.3. The van der Waals surface area contributed by atoms with Crippen molar-refractivity contribution < 1.29 is 4.79 Å². The van der Waals surface area contributed by atoms with Gasteiger partial charge in [0, 0.05) is 29.5 Å². The number of hydrogen-bond donors (Lipinski definition) is 1. The van der Waals surface area contributed by atoms with Crippen molar-refractivity contribution in [1.82, 2.24) is 15.3 Å². The van der Waals surface area contributed by atoms with E-state index in [4.69, 9.17) is 0 Å². The van der Waals surface area contributed by atoms with E-state index in [-0.39, 0.29) is 11.9 Å². The maximum Gasteiger partial charge on any atom is 0.252 e. The smallest absolute Gasteiger partial charge is 0.252 e. The molecular weight excluding hydrogens is 298 g/mol. The van der Waals surface area contributed by atoms with Crippen LogP contribution in [0.25, 0.3) is 10.9 Å². The lowest BCUT2D eigenvalue weighted by Gasteiger charge is -2.15. The molecule has 2 aromatic heterocycles. The van der Waals surface area contributed by atoms with Crippen molar-refractivity contribution in [2.24, 2.45) is 0 Å². The Morgan fingerprint density at radius 1 is 1.12 bits per heavy atom. The average molecular weight is 319 g/mol. The molecule has 0 saturated carbocycles. The lowest BCUT2D eigenvalue weighted by atomic mass is 10.0. The van der Waals surface area contributed by atoms with Crippen LogP contribution >= 0.6 is 0 Å². The second kappa shape index (κ2) is 6.79. The van der Waals surface area contributed by atoms with Gasteiger partial charge < -0.3 is 5.32 Å². The highest BCUT2D eigenvalue weighted by atomic mass is 16.1. The van der Waals surface area contributed by atoms with Crippen molar-refractivity contribution >= 4 is 16.8 Å². The van der Waals surface area contributed by atoms with E-state index in [2.05, 4.69) is 15.3 Å². The molecule has 0 unspecified atom stereocenters. The molecule has 3 aromatic rings. The van der Waals surface area contributed by atoms with Gasteiger partial charge in [0.1, 0.15) is 0 Å². The highest BCUT2D eigenvalue weighted by Gasteiger charge is 2.14. The summed E-state index contributed by atoms with van der Waals surface area (Å²) < 4.78 is 0. The SMILES string of the molecule is Cc1ccc2c(C(=O)N[C@H](C)Cc3ccncc3)cc(C)nc2c1. The first-order chi connectivity index (χ1) is 11.5. The summed E-state index contributed by atoms with van der Waals surface area (Å²) in [6, 6.07) is 11.8. The van der Waals surface area contributed by atoms with Gasteiger partial charge in [0.05, 0.1) is 11.1 Å². The Labute approximate surface area is 142 Å². The highest BCUT2D eigenvalue weighted by molar-refractivity contribution is 6.06. The Balaban J connectivity index is 1.83. The van der Waals surface area contributed by atoms with Gasteiger partial charge in [0.25, 0.3) is 5.91 Å². The summed E-state index contributed by atoms with van der Waals surface area (Å²) in [6.07, 6.45) is 4.31. The van der Waals surface area contributed by atoms with Crippen LogP contribution in [0.2, 0.25) is 0 Å². The number of hydrogen-bond acceptors (Lipinski definition) is 3. The van der Waals surface area contributed by atoms with Crippen molar-refractivity contribution in [2.75, 3.05) is 0 Å². The molecule has 0 radical (unpaired) electrons. The van der Waals surface area contributed by atoms with Crippen LogP contribution in [-0.2, 0) is 6.42 Å². The van der Waals surface area contributed by atoms with Gasteiger partial charge in [-0.15, -0.1) is 0 Å². The van der Waals surface area contributed by atoms with E-state index >= 15 is 0 Å². The number of fused-ring (bicyclic) bond motifs is 1. The lowest BCUT2D eigenvalue weighted by molar-refractivity contribution is 0.0941. The minimum atomic E-state index is -0.0593. The molecule has 0 saturated heterocycles. The number of amides is 1. The Bertz CT molecular complexity index is 869. The number of carbonyl (C=O) groups excluding carboxylic acids is 1. The molecule has 1 amide bonds. The van der Waals surface area contributed by atoms with Crippen LogP contribution in [-0.4, -0.2) is 21.9 Å². The van der Waals surface area contributed by atoms with Crippen molar-refractivity contribution in [2.45, 2.75) is 33.2 Å². The third kappa shape index (κ3) is 3.59. The first kappa shape index (κ1) is 16.1. The van der Waals surface area contributed by atoms with Gasteiger partial charge in [0.2, 0.25) is 0 Å². The van der Waals surface area contributed by atoms with E-state index in [9.17, 15) is 4.79 Å². The van der Waals surface area contributed by atoms with Crippen LogP contribution in [0.5, 0.6) is 0 Å². The summed E-state index contributed by atoms with van der Waals surface area (Å²) in [5, 5.41) is 3.98. The monoisotopic (exact) mass is 319 g/mol. The molecular formula is C20H21N3O. The van der Waals surface area contributed by atoms with Gasteiger partial charge >= 0.3 is 0 Å². The molecule has 3 rings (SSSR count). The molecule has 2 heterocycles. The molecule has 0 spiro atoms. The molecule has 4 heteroatoms. The van der Waals surface area contributed by atoms with E-state index in [1.807, 2.05) is 57.2 Å². The minimum Gasteiger partial charge on any atom is -0.349 e. The quantitative estimate of drug-likeness (QED) is 0.799. The third-order valence-electron chi connectivity index (χ3n) is 4.01. The van der Waals surface area contributed by atoms with Gasteiger partial charge in [-0.1, -0.05) is 12.1 Å². The van der Waals surface area contributed by atoms with Crippen LogP contribution in [0.1, 0.15) is 34.1 Å². The molecule has 0 bridgehead atoms. The van der Waals surface area contributed by atoms with Crippen LogP contribution in [0.4, 0.5) is 0 Å². The molecule has 0 aliphatic rings.